The Hall–Kier alpha value is -1.35. The van der Waals surface area contributed by atoms with E-state index in [4.69, 9.17) is 5.73 Å². The molecule has 0 saturated heterocycles. The third-order valence-corrected chi connectivity index (χ3v) is 5.25. The van der Waals surface area contributed by atoms with Crippen LogP contribution >= 0.6 is 0 Å². The summed E-state index contributed by atoms with van der Waals surface area (Å²) in [5.74, 6) is 2.34. The summed E-state index contributed by atoms with van der Waals surface area (Å²) in [5, 5.41) is 3.14. The second kappa shape index (κ2) is 5.57. The highest BCUT2D eigenvalue weighted by molar-refractivity contribution is 5.83. The van der Waals surface area contributed by atoms with Crippen LogP contribution in [0.2, 0.25) is 0 Å². The number of carbonyl (C=O) groups is 1. The van der Waals surface area contributed by atoms with Crippen molar-refractivity contribution in [2.75, 3.05) is 0 Å². The molecule has 3 N–H and O–H groups in total. The zero-order valence-corrected chi connectivity index (χ0v) is 12.1. The van der Waals surface area contributed by atoms with E-state index in [2.05, 4.69) is 12.2 Å². The molecule has 5 atom stereocenters. The second-order valence-corrected chi connectivity index (χ2v) is 6.52. The molecule has 3 nitrogen and oxygen atoms in total. The van der Waals surface area contributed by atoms with E-state index in [-0.39, 0.29) is 11.9 Å². The van der Waals surface area contributed by atoms with Crippen LogP contribution < -0.4 is 11.1 Å². The first-order valence-electron chi connectivity index (χ1n) is 7.76. The van der Waals surface area contributed by atoms with Gasteiger partial charge in [0.05, 0.1) is 0 Å². The largest absolute Gasteiger partial charge is 0.352 e. The second-order valence-electron chi connectivity index (χ2n) is 6.52. The highest BCUT2D eigenvalue weighted by Crippen LogP contribution is 2.49. The number of carbonyl (C=O) groups excluding carboxylic acids is 1. The Morgan fingerprint density at radius 2 is 2.00 bits per heavy atom. The number of nitrogens with one attached hydrogen (secondary N) is 1. The molecule has 108 valence electrons. The van der Waals surface area contributed by atoms with Crippen LogP contribution in [0.4, 0.5) is 0 Å². The number of nitrogens with two attached hydrogens (primary N) is 1. The molecule has 2 aliphatic carbocycles. The summed E-state index contributed by atoms with van der Waals surface area (Å²) in [4.78, 5) is 12.3. The van der Waals surface area contributed by atoms with Crippen molar-refractivity contribution >= 4 is 5.91 Å². The van der Waals surface area contributed by atoms with E-state index in [1.54, 1.807) is 0 Å². The lowest BCUT2D eigenvalue weighted by atomic mass is 9.84. The SMILES string of the molecule is CC(NC(=O)[C@@H](N)c1ccccc1)C1CC2CCC1C2. The lowest BCUT2D eigenvalue weighted by molar-refractivity contribution is -0.123. The predicted octanol–water partition coefficient (Wildman–Crippen LogP) is 2.63. The molecule has 4 unspecified atom stereocenters. The minimum atomic E-state index is -0.558. The van der Waals surface area contributed by atoms with Crippen LogP contribution in [-0.4, -0.2) is 11.9 Å². The van der Waals surface area contributed by atoms with Gasteiger partial charge < -0.3 is 11.1 Å². The zero-order chi connectivity index (χ0) is 14.1. The fourth-order valence-electron chi connectivity index (χ4n) is 4.14. The Kier molecular flexibility index (Phi) is 3.79. The normalized spacial score (nSPS) is 31.0. The maximum atomic E-state index is 12.3. The molecule has 0 aliphatic heterocycles. The number of amides is 1. The van der Waals surface area contributed by atoms with E-state index in [1.165, 1.54) is 25.7 Å². The quantitative estimate of drug-likeness (QED) is 0.885. The lowest BCUT2D eigenvalue weighted by Gasteiger charge is -2.29. The Morgan fingerprint density at radius 3 is 2.60 bits per heavy atom. The van der Waals surface area contributed by atoms with Crippen LogP contribution in [0.5, 0.6) is 0 Å². The summed E-state index contributed by atoms with van der Waals surface area (Å²) in [6.07, 6.45) is 5.40. The smallest absolute Gasteiger partial charge is 0.241 e. The molecular formula is C17H24N2O. The molecule has 0 heterocycles. The molecule has 2 saturated carbocycles. The molecule has 0 radical (unpaired) electrons. The van der Waals surface area contributed by atoms with E-state index in [9.17, 15) is 4.79 Å². The molecule has 1 aromatic carbocycles. The Labute approximate surface area is 120 Å². The van der Waals surface area contributed by atoms with Gasteiger partial charge in [-0.3, -0.25) is 4.79 Å². The molecule has 0 aromatic heterocycles. The zero-order valence-electron chi connectivity index (χ0n) is 12.1. The summed E-state index contributed by atoms with van der Waals surface area (Å²) < 4.78 is 0. The Morgan fingerprint density at radius 1 is 1.25 bits per heavy atom. The highest BCUT2D eigenvalue weighted by Gasteiger charge is 2.42. The number of hydrogen-bond acceptors (Lipinski definition) is 2. The van der Waals surface area contributed by atoms with Crippen molar-refractivity contribution in [1.29, 1.82) is 0 Å². The van der Waals surface area contributed by atoms with Gasteiger partial charge in [-0.15, -0.1) is 0 Å². The first kappa shape index (κ1) is 13.6. The first-order valence-corrected chi connectivity index (χ1v) is 7.76. The summed E-state index contributed by atoms with van der Waals surface area (Å²) in [7, 11) is 0. The maximum absolute atomic E-state index is 12.3. The van der Waals surface area contributed by atoms with E-state index >= 15 is 0 Å². The number of rotatable bonds is 4. The van der Waals surface area contributed by atoms with Crippen molar-refractivity contribution < 1.29 is 4.79 Å². The molecule has 2 aliphatic rings. The predicted molar refractivity (Wildman–Crippen MR) is 79.9 cm³/mol. The van der Waals surface area contributed by atoms with Crippen molar-refractivity contribution in [3.8, 4) is 0 Å². The topological polar surface area (TPSA) is 55.1 Å². The fourth-order valence-corrected chi connectivity index (χ4v) is 4.14. The molecule has 0 spiro atoms. The third-order valence-electron chi connectivity index (χ3n) is 5.25. The standard InChI is InChI=1S/C17H24N2O/c1-11(15-10-12-7-8-14(15)9-12)19-17(20)16(18)13-5-3-2-4-6-13/h2-6,11-12,14-16H,7-10,18H2,1H3,(H,19,20)/t11?,12?,14?,15?,16-/m0/s1. The monoisotopic (exact) mass is 272 g/mol. The third kappa shape index (κ3) is 2.59. The summed E-state index contributed by atoms with van der Waals surface area (Å²) in [6, 6.07) is 9.28. The molecule has 3 heteroatoms. The van der Waals surface area contributed by atoms with Gasteiger partial charge in [-0.05, 0) is 49.5 Å². The summed E-state index contributed by atoms with van der Waals surface area (Å²) in [5.41, 5.74) is 6.93. The first-order chi connectivity index (χ1) is 9.65. The molecule has 1 aromatic rings. The van der Waals surface area contributed by atoms with Gasteiger partial charge in [0.15, 0.2) is 0 Å². The van der Waals surface area contributed by atoms with Crippen LogP contribution in [0.1, 0.15) is 44.2 Å². The van der Waals surface area contributed by atoms with Crippen LogP contribution in [0, 0.1) is 17.8 Å². The van der Waals surface area contributed by atoms with Gasteiger partial charge in [0.25, 0.3) is 0 Å². The molecule has 2 bridgehead atoms. The van der Waals surface area contributed by atoms with Crippen LogP contribution in [0.3, 0.4) is 0 Å². The number of fused-ring (bicyclic) bond motifs is 2. The van der Waals surface area contributed by atoms with Crippen molar-refractivity contribution in [1.82, 2.24) is 5.32 Å². The number of benzene rings is 1. The minimum absolute atomic E-state index is 0.0496. The van der Waals surface area contributed by atoms with Gasteiger partial charge in [0.2, 0.25) is 5.91 Å². The Balaban J connectivity index is 1.58. The van der Waals surface area contributed by atoms with Crippen LogP contribution in [-0.2, 0) is 4.79 Å². The average Bonchev–Trinajstić information content (AvgIpc) is 3.10. The van der Waals surface area contributed by atoms with Crippen LogP contribution in [0.25, 0.3) is 0 Å². The number of hydrogen-bond donors (Lipinski definition) is 2. The summed E-state index contributed by atoms with van der Waals surface area (Å²) in [6.45, 7) is 2.14. The van der Waals surface area contributed by atoms with Crippen molar-refractivity contribution in [3.63, 3.8) is 0 Å². The van der Waals surface area contributed by atoms with Crippen molar-refractivity contribution in [2.24, 2.45) is 23.5 Å². The van der Waals surface area contributed by atoms with Gasteiger partial charge in [-0.25, -0.2) is 0 Å². The van der Waals surface area contributed by atoms with E-state index in [0.29, 0.717) is 5.92 Å². The summed E-state index contributed by atoms with van der Waals surface area (Å²) >= 11 is 0. The van der Waals surface area contributed by atoms with Crippen molar-refractivity contribution in [3.05, 3.63) is 35.9 Å². The molecule has 20 heavy (non-hydrogen) atoms. The minimum Gasteiger partial charge on any atom is -0.352 e. The fraction of sp³-hybridized carbons (Fsp3) is 0.588. The van der Waals surface area contributed by atoms with E-state index in [1.807, 2.05) is 30.3 Å². The van der Waals surface area contributed by atoms with Gasteiger partial charge in [-0.2, -0.15) is 0 Å². The van der Waals surface area contributed by atoms with Crippen molar-refractivity contribution in [2.45, 2.75) is 44.7 Å². The van der Waals surface area contributed by atoms with Crippen LogP contribution in [0.15, 0.2) is 30.3 Å². The van der Waals surface area contributed by atoms with E-state index < -0.39 is 6.04 Å². The van der Waals surface area contributed by atoms with Gasteiger partial charge in [0, 0.05) is 6.04 Å². The average molecular weight is 272 g/mol. The van der Waals surface area contributed by atoms with Gasteiger partial charge in [0.1, 0.15) is 6.04 Å². The van der Waals surface area contributed by atoms with Gasteiger partial charge in [-0.1, -0.05) is 36.8 Å². The lowest BCUT2D eigenvalue weighted by Crippen LogP contribution is -2.44. The molecule has 1 amide bonds. The molecule has 3 rings (SSSR count). The molecular weight excluding hydrogens is 248 g/mol. The van der Waals surface area contributed by atoms with E-state index in [0.717, 1.165) is 17.4 Å². The maximum Gasteiger partial charge on any atom is 0.241 e. The van der Waals surface area contributed by atoms with Gasteiger partial charge >= 0.3 is 0 Å². The molecule has 2 fully saturated rings. The Bertz CT molecular complexity index is 473. The highest BCUT2D eigenvalue weighted by atomic mass is 16.2.